The molecule has 7 nitrogen and oxygen atoms in total. The molecule has 0 atom stereocenters. The highest BCUT2D eigenvalue weighted by Crippen LogP contribution is 2.27. The molecule has 0 aliphatic carbocycles. The lowest BCUT2D eigenvalue weighted by Crippen LogP contribution is -2.38. The lowest BCUT2D eigenvalue weighted by atomic mass is 10.1. The summed E-state index contributed by atoms with van der Waals surface area (Å²) in [5.74, 6) is 0.924. The Morgan fingerprint density at radius 3 is 2.46 bits per heavy atom. The van der Waals surface area contributed by atoms with Gasteiger partial charge in [-0.25, -0.2) is 12.7 Å². The Bertz CT molecular complexity index is 700. The van der Waals surface area contributed by atoms with Crippen LogP contribution in [0.15, 0.2) is 18.2 Å². The zero-order chi connectivity index (χ0) is 19.0. The van der Waals surface area contributed by atoms with E-state index in [9.17, 15) is 13.2 Å². The molecule has 1 aliphatic heterocycles. The molecule has 0 saturated carbocycles. The van der Waals surface area contributed by atoms with Crippen molar-refractivity contribution in [3.63, 3.8) is 0 Å². The van der Waals surface area contributed by atoms with Crippen molar-refractivity contribution in [1.29, 1.82) is 0 Å². The molecule has 1 saturated heterocycles. The van der Waals surface area contributed by atoms with Crippen molar-refractivity contribution in [2.75, 3.05) is 39.6 Å². The molecule has 146 valence electrons. The number of ether oxygens (including phenoxy) is 2. The number of methoxy groups -OCH3 is 2. The molecule has 0 spiro atoms. The van der Waals surface area contributed by atoms with E-state index in [1.807, 2.05) is 18.2 Å². The maximum atomic E-state index is 12.2. The van der Waals surface area contributed by atoms with Crippen LogP contribution in [0.2, 0.25) is 0 Å². The first-order valence-electron chi connectivity index (χ1n) is 8.91. The number of sulfonamides is 1. The van der Waals surface area contributed by atoms with Crippen molar-refractivity contribution >= 4 is 15.9 Å². The van der Waals surface area contributed by atoms with Gasteiger partial charge >= 0.3 is 0 Å². The normalized spacial score (nSPS) is 15.5. The Morgan fingerprint density at radius 1 is 1.12 bits per heavy atom. The number of benzene rings is 1. The number of carbonyl (C=O) groups excluding carboxylic acids is 1. The minimum atomic E-state index is -3.33. The standard InChI is InChI=1S/C18H28N2O5S/c1-24-16-7-6-15(14-17(16)25-2)8-10-19-18(21)9-13-26(22,23)20-11-4-3-5-12-20/h6-7,14H,3-5,8-13H2,1-2H3,(H,19,21). The molecule has 0 aromatic heterocycles. The predicted octanol–water partition coefficient (Wildman–Crippen LogP) is 1.57. The Hall–Kier alpha value is -1.80. The lowest BCUT2D eigenvalue weighted by Gasteiger charge is -2.25. The fourth-order valence-corrected chi connectivity index (χ4v) is 4.48. The third kappa shape index (κ3) is 5.88. The Kier molecular flexibility index (Phi) is 7.71. The maximum absolute atomic E-state index is 12.2. The summed E-state index contributed by atoms with van der Waals surface area (Å²) in [5.41, 5.74) is 1.00. The molecular formula is C18H28N2O5S. The summed E-state index contributed by atoms with van der Waals surface area (Å²) in [5, 5.41) is 2.78. The highest BCUT2D eigenvalue weighted by atomic mass is 32.2. The van der Waals surface area contributed by atoms with Gasteiger partial charge in [-0.2, -0.15) is 0 Å². The van der Waals surface area contributed by atoms with Gasteiger partial charge in [-0.3, -0.25) is 4.79 Å². The Morgan fingerprint density at radius 2 is 1.81 bits per heavy atom. The molecule has 1 aromatic rings. The van der Waals surface area contributed by atoms with Crippen molar-refractivity contribution < 1.29 is 22.7 Å². The average Bonchev–Trinajstić information content (AvgIpc) is 2.67. The number of hydrogen-bond donors (Lipinski definition) is 1. The van der Waals surface area contributed by atoms with Gasteiger partial charge in [0.2, 0.25) is 15.9 Å². The molecule has 1 heterocycles. The number of rotatable bonds is 9. The highest BCUT2D eigenvalue weighted by molar-refractivity contribution is 7.89. The topological polar surface area (TPSA) is 84.9 Å². The van der Waals surface area contributed by atoms with Crippen LogP contribution in [0, 0.1) is 0 Å². The largest absolute Gasteiger partial charge is 0.493 e. The van der Waals surface area contributed by atoms with E-state index in [0.29, 0.717) is 37.6 Å². The van der Waals surface area contributed by atoms with E-state index in [0.717, 1.165) is 24.8 Å². The quantitative estimate of drug-likeness (QED) is 0.699. The van der Waals surface area contributed by atoms with E-state index in [2.05, 4.69) is 5.32 Å². The van der Waals surface area contributed by atoms with Crippen LogP contribution in [0.1, 0.15) is 31.2 Å². The highest BCUT2D eigenvalue weighted by Gasteiger charge is 2.24. The van der Waals surface area contributed by atoms with Gasteiger partial charge in [0, 0.05) is 26.1 Å². The smallest absolute Gasteiger partial charge is 0.221 e. The molecule has 1 aromatic carbocycles. The third-order valence-electron chi connectivity index (χ3n) is 4.48. The van der Waals surface area contributed by atoms with Crippen LogP contribution >= 0.6 is 0 Å². The number of nitrogens with zero attached hydrogens (tertiary/aromatic N) is 1. The first-order valence-corrected chi connectivity index (χ1v) is 10.5. The first-order chi connectivity index (χ1) is 12.5. The third-order valence-corrected chi connectivity index (χ3v) is 6.35. The minimum Gasteiger partial charge on any atom is -0.493 e. The average molecular weight is 384 g/mol. The van der Waals surface area contributed by atoms with Crippen molar-refractivity contribution in [2.45, 2.75) is 32.1 Å². The monoisotopic (exact) mass is 384 g/mol. The second-order valence-corrected chi connectivity index (χ2v) is 8.40. The summed E-state index contributed by atoms with van der Waals surface area (Å²) in [6, 6.07) is 5.60. The predicted molar refractivity (Wildman–Crippen MR) is 100 cm³/mol. The number of amides is 1. The second-order valence-electron chi connectivity index (χ2n) is 6.32. The number of hydrogen-bond acceptors (Lipinski definition) is 5. The molecule has 1 fully saturated rings. The summed E-state index contributed by atoms with van der Waals surface area (Å²) in [6.07, 6.45) is 3.49. The van der Waals surface area contributed by atoms with Gasteiger partial charge in [0.25, 0.3) is 0 Å². The zero-order valence-corrected chi connectivity index (χ0v) is 16.3. The van der Waals surface area contributed by atoms with Crippen LogP contribution in [0.3, 0.4) is 0 Å². The Labute approximate surface area is 155 Å². The fourth-order valence-electron chi connectivity index (χ4n) is 2.96. The summed E-state index contributed by atoms with van der Waals surface area (Å²) < 4.78 is 36.4. The van der Waals surface area contributed by atoms with E-state index in [-0.39, 0.29) is 18.1 Å². The molecule has 1 N–H and O–H groups in total. The number of nitrogens with one attached hydrogen (secondary N) is 1. The van der Waals surface area contributed by atoms with Crippen LogP contribution in [0.4, 0.5) is 0 Å². The number of piperidine rings is 1. The molecule has 2 rings (SSSR count). The molecule has 0 bridgehead atoms. The second kappa shape index (κ2) is 9.78. The summed E-state index contributed by atoms with van der Waals surface area (Å²) in [7, 11) is -0.176. The zero-order valence-electron chi connectivity index (χ0n) is 15.5. The Balaban J connectivity index is 1.75. The molecule has 26 heavy (non-hydrogen) atoms. The molecule has 8 heteroatoms. The van der Waals surface area contributed by atoms with Crippen LogP contribution in [-0.2, 0) is 21.2 Å². The van der Waals surface area contributed by atoms with Crippen LogP contribution in [0.5, 0.6) is 11.5 Å². The lowest BCUT2D eigenvalue weighted by molar-refractivity contribution is -0.120. The van der Waals surface area contributed by atoms with Crippen LogP contribution in [-0.4, -0.2) is 58.2 Å². The van der Waals surface area contributed by atoms with Crippen molar-refractivity contribution in [3.05, 3.63) is 23.8 Å². The summed E-state index contributed by atoms with van der Waals surface area (Å²) >= 11 is 0. The van der Waals surface area contributed by atoms with Gasteiger partial charge in [0.05, 0.1) is 20.0 Å². The summed E-state index contributed by atoms with van der Waals surface area (Å²) in [4.78, 5) is 11.9. The van der Waals surface area contributed by atoms with Gasteiger partial charge in [-0.1, -0.05) is 12.5 Å². The molecule has 0 radical (unpaired) electrons. The fraction of sp³-hybridized carbons (Fsp3) is 0.611. The van der Waals surface area contributed by atoms with E-state index < -0.39 is 10.0 Å². The van der Waals surface area contributed by atoms with Gasteiger partial charge in [0.15, 0.2) is 11.5 Å². The van der Waals surface area contributed by atoms with Crippen molar-refractivity contribution in [3.8, 4) is 11.5 Å². The van der Waals surface area contributed by atoms with E-state index in [4.69, 9.17) is 9.47 Å². The van der Waals surface area contributed by atoms with Crippen LogP contribution in [0.25, 0.3) is 0 Å². The molecule has 1 aliphatic rings. The SMILES string of the molecule is COc1ccc(CCNC(=O)CCS(=O)(=O)N2CCCCC2)cc1OC. The van der Waals surface area contributed by atoms with E-state index in [1.54, 1.807) is 14.2 Å². The van der Waals surface area contributed by atoms with Crippen molar-refractivity contribution in [1.82, 2.24) is 9.62 Å². The van der Waals surface area contributed by atoms with E-state index >= 15 is 0 Å². The van der Waals surface area contributed by atoms with Crippen molar-refractivity contribution in [2.24, 2.45) is 0 Å². The molecule has 1 amide bonds. The number of carbonyl (C=O) groups is 1. The molecular weight excluding hydrogens is 356 g/mol. The van der Waals surface area contributed by atoms with Gasteiger partial charge in [0.1, 0.15) is 0 Å². The molecule has 0 unspecified atom stereocenters. The maximum Gasteiger partial charge on any atom is 0.221 e. The van der Waals surface area contributed by atoms with Crippen LogP contribution < -0.4 is 14.8 Å². The minimum absolute atomic E-state index is 0.00916. The van der Waals surface area contributed by atoms with Gasteiger partial charge < -0.3 is 14.8 Å². The summed E-state index contributed by atoms with van der Waals surface area (Å²) in [6.45, 7) is 1.59. The van der Waals surface area contributed by atoms with Gasteiger partial charge in [-0.05, 0) is 37.0 Å². The van der Waals surface area contributed by atoms with Gasteiger partial charge in [-0.15, -0.1) is 0 Å². The first kappa shape index (κ1) is 20.5. The van der Waals surface area contributed by atoms with E-state index in [1.165, 1.54) is 4.31 Å².